The number of aromatic nitrogens is 2. The zero-order valence-corrected chi connectivity index (χ0v) is 15.2. The molecule has 3 aromatic rings. The maximum absolute atomic E-state index is 13.0. The Kier molecular flexibility index (Phi) is 5.80. The molecule has 132 valence electrons. The van der Waals surface area contributed by atoms with E-state index >= 15 is 0 Å². The van der Waals surface area contributed by atoms with Crippen molar-refractivity contribution in [2.45, 2.75) is 33.9 Å². The number of aryl methyl sites for hydroxylation is 1. The SMILES string of the molecule is CC(=O)Cn1c(C)c(C)c2ccnc(OCc3ccc(F)cc3)c21.Cl. The molecule has 25 heavy (non-hydrogen) atoms. The summed E-state index contributed by atoms with van der Waals surface area (Å²) >= 11 is 0. The Morgan fingerprint density at radius 3 is 2.52 bits per heavy atom. The molecule has 2 aromatic heterocycles. The number of carbonyl (C=O) groups is 1. The number of rotatable bonds is 5. The van der Waals surface area contributed by atoms with Crippen LogP contribution in [0.5, 0.6) is 5.88 Å². The third-order valence-corrected chi connectivity index (χ3v) is 4.18. The van der Waals surface area contributed by atoms with Gasteiger partial charge < -0.3 is 9.30 Å². The van der Waals surface area contributed by atoms with Gasteiger partial charge in [-0.3, -0.25) is 4.79 Å². The van der Waals surface area contributed by atoms with Crippen molar-refractivity contribution in [1.82, 2.24) is 9.55 Å². The van der Waals surface area contributed by atoms with Crippen molar-refractivity contribution in [3.05, 3.63) is 59.2 Å². The molecule has 4 nitrogen and oxygen atoms in total. The number of hydrogen-bond donors (Lipinski definition) is 0. The van der Waals surface area contributed by atoms with Crippen molar-refractivity contribution in [1.29, 1.82) is 0 Å². The smallest absolute Gasteiger partial charge is 0.238 e. The number of hydrogen-bond acceptors (Lipinski definition) is 3. The Labute approximate surface area is 152 Å². The highest BCUT2D eigenvalue weighted by Crippen LogP contribution is 2.31. The quantitative estimate of drug-likeness (QED) is 0.676. The molecule has 0 bridgehead atoms. The Morgan fingerprint density at radius 1 is 1.20 bits per heavy atom. The van der Waals surface area contributed by atoms with Crippen LogP contribution in [0.2, 0.25) is 0 Å². The van der Waals surface area contributed by atoms with Crippen LogP contribution >= 0.6 is 12.4 Å². The summed E-state index contributed by atoms with van der Waals surface area (Å²) in [5.74, 6) is 0.276. The van der Waals surface area contributed by atoms with Crippen molar-refractivity contribution in [3.8, 4) is 5.88 Å². The molecule has 0 unspecified atom stereocenters. The molecule has 0 atom stereocenters. The lowest BCUT2D eigenvalue weighted by Crippen LogP contribution is -2.09. The highest BCUT2D eigenvalue weighted by molar-refractivity contribution is 5.90. The van der Waals surface area contributed by atoms with E-state index in [0.717, 1.165) is 27.7 Å². The summed E-state index contributed by atoms with van der Waals surface area (Å²) in [6.07, 6.45) is 1.70. The van der Waals surface area contributed by atoms with Gasteiger partial charge in [-0.15, -0.1) is 12.4 Å². The maximum Gasteiger partial charge on any atom is 0.238 e. The predicted octanol–water partition coefficient (Wildman–Crippen LogP) is 4.38. The van der Waals surface area contributed by atoms with Gasteiger partial charge in [0.25, 0.3) is 0 Å². The van der Waals surface area contributed by atoms with Crippen molar-refractivity contribution in [3.63, 3.8) is 0 Å². The van der Waals surface area contributed by atoms with Gasteiger partial charge in [-0.25, -0.2) is 9.37 Å². The van der Waals surface area contributed by atoms with Gasteiger partial charge in [-0.05, 0) is 50.1 Å². The molecule has 0 aliphatic rings. The summed E-state index contributed by atoms with van der Waals surface area (Å²) in [4.78, 5) is 16.0. The van der Waals surface area contributed by atoms with Crippen LogP contribution in [0.25, 0.3) is 10.9 Å². The molecular formula is C19H20ClFN2O2. The Balaban J connectivity index is 0.00000225. The van der Waals surface area contributed by atoms with Gasteiger partial charge in [0.2, 0.25) is 5.88 Å². The lowest BCUT2D eigenvalue weighted by atomic mass is 10.2. The van der Waals surface area contributed by atoms with Gasteiger partial charge in [0.05, 0.1) is 6.54 Å². The van der Waals surface area contributed by atoms with E-state index in [1.807, 2.05) is 24.5 Å². The molecule has 0 amide bonds. The number of ketones is 1. The molecule has 0 saturated heterocycles. The van der Waals surface area contributed by atoms with Gasteiger partial charge in [0.1, 0.15) is 23.7 Å². The lowest BCUT2D eigenvalue weighted by molar-refractivity contribution is -0.117. The fraction of sp³-hybridized carbons (Fsp3) is 0.263. The highest BCUT2D eigenvalue weighted by Gasteiger charge is 2.17. The largest absolute Gasteiger partial charge is 0.471 e. The molecule has 0 saturated carbocycles. The monoisotopic (exact) mass is 362 g/mol. The topological polar surface area (TPSA) is 44.1 Å². The second-order valence-electron chi connectivity index (χ2n) is 5.93. The fourth-order valence-electron chi connectivity index (χ4n) is 2.82. The molecule has 3 rings (SSSR count). The van der Waals surface area contributed by atoms with E-state index in [1.54, 1.807) is 25.3 Å². The summed E-state index contributed by atoms with van der Waals surface area (Å²) in [5.41, 5.74) is 3.82. The van der Waals surface area contributed by atoms with Crippen LogP contribution < -0.4 is 4.74 Å². The van der Waals surface area contributed by atoms with Crippen LogP contribution in [0.15, 0.2) is 36.5 Å². The minimum Gasteiger partial charge on any atom is -0.471 e. The van der Waals surface area contributed by atoms with Crippen molar-refractivity contribution < 1.29 is 13.9 Å². The van der Waals surface area contributed by atoms with Crippen LogP contribution in [0.3, 0.4) is 0 Å². The molecule has 0 aliphatic carbocycles. The van der Waals surface area contributed by atoms with E-state index in [2.05, 4.69) is 4.98 Å². The first kappa shape index (κ1) is 18.9. The molecule has 6 heteroatoms. The third kappa shape index (κ3) is 3.82. The van der Waals surface area contributed by atoms with Crippen LogP contribution in [-0.2, 0) is 17.9 Å². The minimum absolute atomic E-state index is 0. The Bertz CT molecular complexity index is 904. The minimum atomic E-state index is -0.277. The van der Waals surface area contributed by atoms with Crippen LogP contribution in [0.4, 0.5) is 4.39 Å². The summed E-state index contributed by atoms with van der Waals surface area (Å²) in [6, 6.07) is 8.10. The molecule has 2 heterocycles. The van der Waals surface area contributed by atoms with Crippen molar-refractivity contribution in [2.24, 2.45) is 0 Å². The van der Waals surface area contributed by atoms with Gasteiger partial charge in [-0.1, -0.05) is 12.1 Å². The standard InChI is InChI=1S/C19H19FN2O2.ClH/c1-12(23)10-22-14(3)13(2)17-8-9-21-19(18(17)22)24-11-15-4-6-16(20)7-5-15;/h4-9H,10-11H2,1-3H3;1H. The maximum atomic E-state index is 13.0. The molecule has 0 fully saturated rings. The molecule has 0 spiro atoms. The summed E-state index contributed by atoms with van der Waals surface area (Å²) in [7, 11) is 0. The van der Waals surface area contributed by atoms with Crippen LogP contribution in [0.1, 0.15) is 23.7 Å². The normalized spacial score (nSPS) is 10.6. The van der Waals surface area contributed by atoms with Crippen molar-refractivity contribution in [2.75, 3.05) is 0 Å². The first-order valence-corrected chi connectivity index (χ1v) is 7.78. The van der Waals surface area contributed by atoms with E-state index in [1.165, 1.54) is 12.1 Å². The number of ether oxygens (including phenoxy) is 1. The van der Waals surface area contributed by atoms with E-state index in [0.29, 0.717) is 5.88 Å². The lowest BCUT2D eigenvalue weighted by Gasteiger charge is -2.10. The van der Waals surface area contributed by atoms with Crippen molar-refractivity contribution >= 4 is 29.1 Å². The fourth-order valence-corrected chi connectivity index (χ4v) is 2.82. The number of Topliss-reactive ketones (excluding diaryl/α,β-unsaturated/α-hetero) is 1. The number of benzene rings is 1. The molecule has 0 aliphatic heterocycles. The summed E-state index contributed by atoms with van der Waals surface area (Å²) in [5, 5.41) is 1.03. The number of pyridine rings is 1. The number of nitrogens with zero attached hydrogens (tertiary/aromatic N) is 2. The molecule has 0 N–H and O–H groups in total. The third-order valence-electron chi connectivity index (χ3n) is 4.18. The predicted molar refractivity (Wildman–Crippen MR) is 97.9 cm³/mol. The van der Waals surface area contributed by atoms with Gasteiger partial charge in [0.15, 0.2) is 0 Å². The van der Waals surface area contributed by atoms with Gasteiger partial charge in [0, 0.05) is 17.3 Å². The van der Waals surface area contributed by atoms with E-state index < -0.39 is 0 Å². The van der Waals surface area contributed by atoms with E-state index in [4.69, 9.17) is 4.74 Å². The Morgan fingerprint density at radius 2 is 1.88 bits per heavy atom. The average molecular weight is 363 g/mol. The molecule has 0 radical (unpaired) electrons. The zero-order valence-electron chi connectivity index (χ0n) is 14.4. The Hall–Kier alpha value is -2.40. The molecular weight excluding hydrogens is 343 g/mol. The second kappa shape index (κ2) is 7.66. The summed E-state index contributed by atoms with van der Waals surface area (Å²) in [6.45, 7) is 6.15. The number of halogens is 2. The van der Waals surface area contributed by atoms with Crippen LogP contribution in [-0.4, -0.2) is 15.3 Å². The zero-order chi connectivity index (χ0) is 17.3. The van der Waals surface area contributed by atoms with Gasteiger partial charge in [-0.2, -0.15) is 0 Å². The summed E-state index contributed by atoms with van der Waals surface area (Å²) < 4.78 is 20.8. The number of carbonyl (C=O) groups excluding carboxylic acids is 1. The first-order chi connectivity index (χ1) is 11.5. The molecule has 1 aromatic carbocycles. The second-order valence-corrected chi connectivity index (χ2v) is 5.93. The van der Waals surface area contributed by atoms with Gasteiger partial charge >= 0.3 is 0 Å². The van der Waals surface area contributed by atoms with Crippen LogP contribution in [0, 0.1) is 19.7 Å². The van der Waals surface area contributed by atoms with E-state index in [-0.39, 0.29) is 37.2 Å². The highest BCUT2D eigenvalue weighted by atomic mass is 35.5. The number of fused-ring (bicyclic) bond motifs is 1. The van der Waals surface area contributed by atoms with E-state index in [9.17, 15) is 9.18 Å². The first-order valence-electron chi connectivity index (χ1n) is 7.78. The average Bonchev–Trinajstić information content (AvgIpc) is 2.80.